The zero-order valence-electron chi connectivity index (χ0n) is 7.23. The maximum atomic E-state index is 8.95. The van der Waals surface area contributed by atoms with Gasteiger partial charge >= 0.3 is 0 Å². The standard InChI is InChI=1S/C6H13N5O/c1-5(12)3-4-7-6-8-9-10-11(6)2/h5,12H,3-4H2,1-2H3,(H,7,8,10)/t5-/m0/s1. The van der Waals surface area contributed by atoms with Crippen LogP contribution in [0.25, 0.3) is 0 Å². The highest BCUT2D eigenvalue weighted by Gasteiger charge is 2.00. The Labute approximate surface area is 70.6 Å². The first-order chi connectivity index (χ1) is 5.70. The van der Waals surface area contributed by atoms with E-state index in [0.717, 1.165) is 0 Å². The lowest BCUT2D eigenvalue weighted by atomic mass is 10.3. The summed E-state index contributed by atoms with van der Waals surface area (Å²) >= 11 is 0. The number of rotatable bonds is 4. The third-order valence-electron chi connectivity index (χ3n) is 1.47. The minimum absolute atomic E-state index is 0.293. The van der Waals surface area contributed by atoms with Crippen LogP contribution >= 0.6 is 0 Å². The van der Waals surface area contributed by atoms with Crippen LogP contribution in [-0.2, 0) is 7.05 Å². The van der Waals surface area contributed by atoms with Crippen molar-refractivity contribution in [2.75, 3.05) is 11.9 Å². The highest BCUT2D eigenvalue weighted by Crippen LogP contribution is 1.96. The topological polar surface area (TPSA) is 75.9 Å². The number of aliphatic hydroxyl groups excluding tert-OH is 1. The lowest BCUT2D eigenvalue weighted by Crippen LogP contribution is -2.12. The van der Waals surface area contributed by atoms with Crippen molar-refractivity contribution < 1.29 is 5.11 Å². The van der Waals surface area contributed by atoms with E-state index < -0.39 is 0 Å². The molecule has 0 aliphatic heterocycles. The van der Waals surface area contributed by atoms with Gasteiger partial charge in [-0.3, -0.25) is 0 Å². The average Bonchev–Trinajstić information content (AvgIpc) is 2.36. The molecule has 1 heterocycles. The maximum absolute atomic E-state index is 8.95. The molecule has 6 nitrogen and oxygen atoms in total. The predicted octanol–water partition coefficient (Wildman–Crippen LogP) is -0.607. The summed E-state index contributed by atoms with van der Waals surface area (Å²) < 4.78 is 1.54. The Morgan fingerprint density at radius 1 is 1.67 bits per heavy atom. The third kappa shape index (κ3) is 2.46. The summed E-state index contributed by atoms with van der Waals surface area (Å²) in [6, 6.07) is 0. The van der Waals surface area contributed by atoms with Gasteiger partial charge in [0.25, 0.3) is 0 Å². The average molecular weight is 171 g/mol. The normalized spacial score (nSPS) is 12.9. The Morgan fingerprint density at radius 2 is 2.42 bits per heavy atom. The molecule has 6 heteroatoms. The fourth-order valence-corrected chi connectivity index (χ4v) is 0.772. The molecule has 2 N–H and O–H groups in total. The van der Waals surface area contributed by atoms with Gasteiger partial charge in [-0.2, -0.15) is 0 Å². The van der Waals surface area contributed by atoms with Crippen LogP contribution in [0.4, 0.5) is 5.95 Å². The summed E-state index contributed by atoms with van der Waals surface area (Å²) in [4.78, 5) is 0. The van der Waals surface area contributed by atoms with Crippen molar-refractivity contribution in [1.29, 1.82) is 0 Å². The molecule has 0 bridgehead atoms. The molecule has 0 amide bonds. The molecule has 0 saturated heterocycles. The quantitative estimate of drug-likeness (QED) is 0.632. The van der Waals surface area contributed by atoms with Crippen LogP contribution in [0.5, 0.6) is 0 Å². The van der Waals surface area contributed by atoms with Crippen LogP contribution in [0.15, 0.2) is 0 Å². The summed E-state index contributed by atoms with van der Waals surface area (Å²) in [6.45, 7) is 2.42. The van der Waals surface area contributed by atoms with Gasteiger partial charge in [0.2, 0.25) is 5.95 Å². The molecule has 0 unspecified atom stereocenters. The molecule has 1 aromatic heterocycles. The lowest BCUT2D eigenvalue weighted by molar-refractivity contribution is 0.188. The van der Waals surface area contributed by atoms with Crippen molar-refractivity contribution in [3.8, 4) is 0 Å². The number of aryl methyl sites for hydroxylation is 1. The van der Waals surface area contributed by atoms with Gasteiger partial charge < -0.3 is 10.4 Å². The second-order valence-corrected chi connectivity index (χ2v) is 2.69. The Hall–Kier alpha value is -1.17. The van der Waals surface area contributed by atoms with Crippen LogP contribution in [0.1, 0.15) is 13.3 Å². The zero-order chi connectivity index (χ0) is 8.97. The van der Waals surface area contributed by atoms with Crippen LogP contribution in [-0.4, -0.2) is 38.0 Å². The van der Waals surface area contributed by atoms with Crippen molar-refractivity contribution in [3.05, 3.63) is 0 Å². The van der Waals surface area contributed by atoms with Crippen LogP contribution in [0, 0.1) is 0 Å². The number of nitrogens with zero attached hydrogens (tertiary/aromatic N) is 4. The number of tetrazole rings is 1. The molecule has 0 aliphatic rings. The van der Waals surface area contributed by atoms with Gasteiger partial charge in [-0.25, -0.2) is 4.68 Å². The van der Waals surface area contributed by atoms with E-state index in [4.69, 9.17) is 5.11 Å². The largest absolute Gasteiger partial charge is 0.393 e. The zero-order valence-corrected chi connectivity index (χ0v) is 7.23. The number of hydrogen-bond acceptors (Lipinski definition) is 5. The molecule has 0 aromatic carbocycles. The van der Waals surface area contributed by atoms with Gasteiger partial charge in [-0.15, -0.1) is 0 Å². The predicted molar refractivity (Wildman–Crippen MR) is 43.6 cm³/mol. The molecule has 0 saturated carbocycles. The van der Waals surface area contributed by atoms with Crippen molar-refractivity contribution >= 4 is 5.95 Å². The summed E-state index contributed by atoms with van der Waals surface area (Å²) in [5.41, 5.74) is 0. The fraction of sp³-hybridized carbons (Fsp3) is 0.833. The van der Waals surface area contributed by atoms with E-state index >= 15 is 0 Å². The number of hydrogen-bond donors (Lipinski definition) is 2. The van der Waals surface area contributed by atoms with E-state index in [2.05, 4.69) is 20.8 Å². The molecule has 68 valence electrons. The minimum atomic E-state index is -0.293. The monoisotopic (exact) mass is 171 g/mol. The first-order valence-corrected chi connectivity index (χ1v) is 3.84. The first kappa shape index (κ1) is 8.92. The van der Waals surface area contributed by atoms with Crippen LogP contribution < -0.4 is 5.32 Å². The van der Waals surface area contributed by atoms with E-state index in [1.165, 1.54) is 0 Å². The molecular formula is C6H13N5O. The molecule has 12 heavy (non-hydrogen) atoms. The molecular weight excluding hydrogens is 158 g/mol. The van der Waals surface area contributed by atoms with Gasteiger partial charge in [0.15, 0.2) is 0 Å². The van der Waals surface area contributed by atoms with Crippen molar-refractivity contribution in [2.45, 2.75) is 19.4 Å². The lowest BCUT2D eigenvalue weighted by Gasteiger charge is -2.04. The van der Waals surface area contributed by atoms with Crippen molar-refractivity contribution in [2.24, 2.45) is 7.05 Å². The number of aliphatic hydroxyl groups is 1. The summed E-state index contributed by atoms with van der Waals surface area (Å²) in [5, 5.41) is 22.8. The molecule has 1 rings (SSSR count). The van der Waals surface area contributed by atoms with Crippen molar-refractivity contribution in [1.82, 2.24) is 20.2 Å². The summed E-state index contributed by atoms with van der Waals surface area (Å²) in [5.74, 6) is 0.621. The van der Waals surface area contributed by atoms with Crippen molar-refractivity contribution in [3.63, 3.8) is 0 Å². The molecule has 0 spiro atoms. The number of aromatic nitrogens is 4. The van der Waals surface area contributed by atoms with Gasteiger partial charge in [0.05, 0.1) is 6.10 Å². The second kappa shape index (κ2) is 4.01. The van der Waals surface area contributed by atoms with Gasteiger partial charge in [-0.05, 0) is 23.8 Å². The Bertz CT molecular complexity index is 234. The Balaban J connectivity index is 2.29. The molecule has 1 atom stereocenters. The third-order valence-corrected chi connectivity index (χ3v) is 1.47. The smallest absolute Gasteiger partial charge is 0.242 e. The molecule has 0 radical (unpaired) electrons. The Kier molecular flexibility index (Phi) is 2.98. The first-order valence-electron chi connectivity index (χ1n) is 3.84. The Morgan fingerprint density at radius 3 is 2.92 bits per heavy atom. The van der Waals surface area contributed by atoms with E-state index in [-0.39, 0.29) is 6.10 Å². The fourth-order valence-electron chi connectivity index (χ4n) is 0.772. The number of nitrogens with one attached hydrogen (secondary N) is 1. The summed E-state index contributed by atoms with van der Waals surface area (Å²) in [7, 11) is 1.75. The van der Waals surface area contributed by atoms with E-state index in [9.17, 15) is 0 Å². The molecule has 0 aliphatic carbocycles. The molecule has 0 fully saturated rings. The maximum Gasteiger partial charge on any atom is 0.242 e. The minimum Gasteiger partial charge on any atom is -0.393 e. The number of anilines is 1. The summed E-state index contributed by atoms with van der Waals surface area (Å²) in [6.07, 6.45) is 0.394. The van der Waals surface area contributed by atoms with Gasteiger partial charge in [-0.1, -0.05) is 5.10 Å². The SMILES string of the molecule is C[C@H](O)CCNc1nnnn1C. The van der Waals surface area contributed by atoms with Crippen LogP contribution in [0.3, 0.4) is 0 Å². The van der Waals surface area contributed by atoms with E-state index in [0.29, 0.717) is 18.9 Å². The second-order valence-electron chi connectivity index (χ2n) is 2.69. The highest BCUT2D eigenvalue weighted by molar-refractivity contribution is 5.20. The van der Waals surface area contributed by atoms with E-state index in [1.807, 2.05) is 0 Å². The van der Waals surface area contributed by atoms with E-state index in [1.54, 1.807) is 18.7 Å². The molecule has 1 aromatic rings. The highest BCUT2D eigenvalue weighted by atomic mass is 16.3. The van der Waals surface area contributed by atoms with Gasteiger partial charge in [0.1, 0.15) is 0 Å². The van der Waals surface area contributed by atoms with Crippen LogP contribution in [0.2, 0.25) is 0 Å². The van der Waals surface area contributed by atoms with Gasteiger partial charge in [0, 0.05) is 13.6 Å².